The topological polar surface area (TPSA) is 138 Å². The van der Waals surface area contributed by atoms with E-state index >= 15 is 0 Å². The fraction of sp³-hybridized carbons (Fsp3) is 0.364. The number of nitrogens with one attached hydrogen (secondary N) is 2. The minimum absolute atomic E-state index is 0.140. The van der Waals surface area contributed by atoms with Gasteiger partial charge in [-0.15, -0.1) is 0 Å². The zero-order chi connectivity index (χ0) is 22.2. The van der Waals surface area contributed by atoms with Gasteiger partial charge in [0.25, 0.3) is 11.8 Å². The Morgan fingerprint density at radius 1 is 1.22 bits per heavy atom. The van der Waals surface area contributed by atoms with Crippen LogP contribution in [0.15, 0.2) is 38.2 Å². The van der Waals surface area contributed by atoms with E-state index in [2.05, 4.69) is 25.2 Å². The summed E-state index contributed by atoms with van der Waals surface area (Å²) in [5.74, 6) is -1.36. The molecule has 3 N–H and O–H groups in total. The van der Waals surface area contributed by atoms with Crippen LogP contribution in [0.25, 0.3) is 11.0 Å². The molecule has 0 fully saturated rings. The molecular weight excluding hydrogens is 416 g/mol. The predicted octanol–water partition coefficient (Wildman–Crippen LogP) is 1.21. The Morgan fingerprint density at radius 3 is 2.78 bits per heavy atom. The third kappa shape index (κ3) is 3.52. The number of nitrogens with zero attached hydrogens (tertiary/aromatic N) is 2. The van der Waals surface area contributed by atoms with Gasteiger partial charge in [-0.1, -0.05) is 5.16 Å². The summed E-state index contributed by atoms with van der Waals surface area (Å²) in [6, 6.07) is 3.62. The Morgan fingerprint density at radius 2 is 2.03 bits per heavy atom. The number of hydrogen-bond acceptors (Lipinski definition) is 8. The molecule has 1 atom stereocenters. The van der Waals surface area contributed by atoms with Gasteiger partial charge in [0.1, 0.15) is 23.5 Å². The zero-order valence-corrected chi connectivity index (χ0v) is 17.2. The molecule has 32 heavy (non-hydrogen) atoms. The van der Waals surface area contributed by atoms with Crippen molar-refractivity contribution in [3.05, 3.63) is 51.6 Å². The van der Waals surface area contributed by atoms with Gasteiger partial charge in [-0.3, -0.25) is 9.59 Å². The summed E-state index contributed by atoms with van der Waals surface area (Å²) in [5, 5.41) is 18.6. The van der Waals surface area contributed by atoms with Crippen LogP contribution in [0, 0.1) is 0 Å². The monoisotopic (exact) mass is 438 g/mol. The molecule has 0 aliphatic carbocycles. The van der Waals surface area contributed by atoms with Crippen LogP contribution in [0.5, 0.6) is 0 Å². The van der Waals surface area contributed by atoms with Gasteiger partial charge >= 0.3 is 5.63 Å². The van der Waals surface area contributed by atoms with Gasteiger partial charge < -0.3 is 29.6 Å². The van der Waals surface area contributed by atoms with E-state index in [1.165, 1.54) is 29.6 Å². The Balaban J connectivity index is 1.45. The summed E-state index contributed by atoms with van der Waals surface area (Å²) in [7, 11) is 0. The maximum atomic E-state index is 12.8. The molecule has 3 aromatic rings. The minimum Gasteiger partial charge on any atom is -0.422 e. The van der Waals surface area contributed by atoms with Crippen molar-refractivity contribution in [1.82, 2.24) is 10.5 Å². The van der Waals surface area contributed by atoms with Crippen LogP contribution in [0.1, 0.15) is 34.3 Å². The molecule has 5 rings (SSSR count). The average molecular weight is 438 g/mol. The molecule has 0 bridgehead atoms. The first kappa shape index (κ1) is 20.3. The lowest BCUT2D eigenvalue weighted by Gasteiger charge is -2.37. The molecule has 0 saturated carbocycles. The first-order valence-corrected chi connectivity index (χ1v) is 10.6. The molecular formula is C22H22N4O6. The van der Waals surface area contributed by atoms with Gasteiger partial charge in [-0.25, -0.2) is 4.79 Å². The lowest BCUT2D eigenvalue weighted by molar-refractivity contribution is -0.118. The molecule has 1 unspecified atom stereocenters. The molecule has 0 spiro atoms. The number of rotatable bonds is 5. The van der Waals surface area contributed by atoms with E-state index in [1.807, 2.05) is 6.07 Å². The number of aromatic nitrogens is 1. The Labute approximate surface area is 182 Å². The molecule has 10 heteroatoms. The number of aliphatic hydroxyl groups excluding tert-OH is 1. The second-order valence-corrected chi connectivity index (χ2v) is 8.01. The average Bonchev–Trinajstić information content (AvgIpc) is 3.30. The van der Waals surface area contributed by atoms with E-state index in [0.29, 0.717) is 11.0 Å². The van der Waals surface area contributed by atoms with Gasteiger partial charge in [0, 0.05) is 35.8 Å². The summed E-state index contributed by atoms with van der Waals surface area (Å²) in [4.78, 5) is 40.1. The normalized spacial score (nSPS) is 15.8. The predicted molar refractivity (Wildman–Crippen MR) is 115 cm³/mol. The summed E-state index contributed by atoms with van der Waals surface area (Å²) >= 11 is 0. The van der Waals surface area contributed by atoms with Crippen molar-refractivity contribution < 1.29 is 23.6 Å². The van der Waals surface area contributed by atoms with E-state index in [0.717, 1.165) is 44.3 Å². The second kappa shape index (κ2) is 8.12. The Hall–Kier alpha value is -3.66. The van der Waals surface area contributed by atoms with Crippen molar-refractivity contribution in [1.29, 1.82) is 0 Å². The molecule has 1 aromatic carbocycles. The number of aryl methyl sites for hydroxylation is 2. The van der Waals surface area contributed by atoms with Crippen molar-refractivity contribution in [3.63, 3.8) is 0 Å². The third-order valence-electron chi connectivity index (χ3n) is 5.95. The first-order valence-electron chi connectivity index (χ1n) is 10.6. The molecule has 2 aromatic heterocycles. The minimum atomic E-state index is -1.28. The molecule has 2 aliphatic rings. The summed E-state index contributed by atoms with van der Waals surface area (Å²) in [5.41, 5.74) is 2.89. The van der Waals surface area contributed by atoms with E-state index < -0.39 is 30.1 Å². The first-order chi connectivity index (χ1) is 15.5. The number of carbonyl (C=O) groups excluding carboxylic acids is 2. The highest BCUT2D eigenvalue weighted by atomic mass is 16.5. The van der Waals surface area contributed by atoms with Crippen molar-refractivity contribution >= 4 is 34.3 Å². The Bertz CT molecular complexity index is 1250. The van der Waals surface area contributed by atoms with E-state index in [9.17, 15) is 19.5 Å². The van der Waals surface area contributed by atoms with E-state index in [1.54, 1.807) is 0 Å². The second-order valence-electron chi connectivity index (χ2n) is 8.01. The van der Waals surface area contributed by atoms with Crippen LogP contribution >= 0.6 is 0 Å². The molecule has 166 valence electrons. The number of hydrogen-bond donors (Lipinski definition) is 3. The summed E-state index contributed by atoms with van der Waals surface area (Å²) in [6.07, 6.45) is 5.06. The highest BCUT2D eigenvalue weighted by molar-refractivity contribution is 6.02. The summed E-state index contributed by atoms with van der Waals surface area (Å²) < 4.78 is 10.3. The fourth-order valence-corrected chi connectivity index (χ4v) is 4.52. The number of fused-ring (bicyclic) bond motifs is 2. The zero-order valence-electron chi connectivity index (χ0n) is 17.2. The lowest BCUT2D eigenvalue weighted by Crippen LogP contribution is -2.47. The van der Waals surface area contributed by atoms with Crippen molar-refractivity contribution in [2.24, 2.45) is 0 Å². The number of carbonyl (C=O) groups is 2. The van der Waals surface area contributed by atoms with Crippen LogP contribution in [-0.4, -0.2) is 47.8 Å². The number of amides is 2. The molecule has 0 radical (unpaired) electrons. The lowest BCUT2D eigenvalue weighted by atomic mass is 9.90. The molecule has 10 nitrogen and oxygen atoms in total. The van der Waals surface area contributed by atoms with Crippen LogP contribution in [0.3, 0.4) is 0 Å². The molecule has 2 aliphatic heterocycles. The Kier molecular flexibility index (Phi) is 5.14. The van der Waals surface area contributed by atoms with Crippen LogP contribution in [0.2, 0.25) is 0 Å². The highest BCUT2D eigenvalue weighted by Gasteiger charge is 2.28. The quantitative estimate of drug-likeness (QED) is 0.506. The van der Waals surface area contributed by atoms with Crippen molar-refractivity contribution in [3.8, 4) is 0 Å². The molecule has 4 heterocycles. The SMILES string of the molecule is O=C(NC(CO)C(=O)Nc1ccon1)c1cc2cc3c4c(c2oc1=O)CCCN4CCC3. The van der Waals surface area contributed by atoms with Gasteiger partial charge in [0.2, 0.25) is 0 Å². The van der Waals surface area contributed by atoms with E-state index in [-0.39, 0.29) is 11.4 Å². The van der Waals surface area contributed by atoms with Crippen molar-refractivity contribution in [2.45, 2.75) is 31.7 Å². The van der Waals surface area contributed by atoms with Gasteiger partial charge in [0.05, 0.1) is 6.61 Å². The largest absolute Gasteiger partial charge is 0.422 e. The van der Waals surface area contributed by atoms with Gasteiger partial charge in [0.15, 0.2) is 5.82 Å². The number of aliphatic hydroxyl groups is 1. The smallest absolute Gasteiger partial charge is 0.349 e. The summed E-state index contributed by atoms with van der Waals surface area (Å²) in [6.45, 7) is 1.33. The van der Waals surface area contributed by atoms with E-state index in [4.69, 9.17) is 4.42 Å². The third-order valence-corrected chi connectivity index (χ3v) is 5.95. The van der Waals surface area contributed by atoms with Crippen LogP contribution < -0.4 is 21.2 Å². The van der Waals surface area contributed by atoms with Gasteiger partial charge in [-0.05, 0) is 43.4 Å². The van der Waals surface area contributed by atoms with Crippen LogP contribution in [-0.2, 0) is 17.6 Å². The standard InChI is InChI=1S/C22H22N4O6/c27-11-16(21(29)24-17-5-8-31-25-17)23-20(28)15-10-13-9-12-3-1-6-26-7-2-4-14(18(12)26)19(13)32-22(15)30/h5,8-10,16,27H,1-4,6-7,11H2,(H,23,28)(H,24,25,29). The number of anilines is 2. The van der Waals surface area contributed by atoms with Gasteiger partial charge in [-0.2, -0.15) is 0 Å². The van der Waals surface area contributed by atoms with Crippen molar-refractivity contribution in [2.75, 3.05) is 29.9 Å². The maximum Gasteiger partial charge on any atom is 0.349 e. The molecule has 2 amide bonds. The fourth-order valence-electron chi connectivity index (χ4n) is 4.52. The maximum absolute atomic E-state index is 12.8. The molecule has 0 saturated heterocycles. The number of benzene rings is 1. The highest BCUT2D eigenvalue weighted by Crippen LogP contribution is 2.39. The van der Waals surface area contributed by atoms with Crippen LogP contribution in [0.4, 0.5) is 11.5 Å².